The molecule has 0 radical (unpaired) electrons. The van der Waals surface area contributed by atoms with E-state index in [0.29, 0.717) is 23.9 Å². The number of hydrogen-bond acceptors (Lipinski definition) is 3. The van der Waals surface area contributed by atoms with Gasteiger partial charge in [0.1, 0.15) is 0 Å². The van der Waals surface area contributed by atoms with Crippen molar-refractivity contribution in [1.29, 1.82) is 0 Å². The molecule has 2 fully saturated rings. The number of rotatable bonds is 6. The Morgan fingerprint density at radius 2 is 1.81 bits per heavy atom. The summed E-state index contributed by atoms with van der Waals surface area (Å²) in [6.45, 7) is 4.07. The highest BCUT2D eigenvalue weighted by Gasteiger charge is 2.18. The number of anilines is 1. The standard InChI is InChI=1S/C22H33N3O2/c1-16-15-18(22(27)24-19-5-3-2-4-6-19)8-9-20(16)25-21(26)10-7-17-11-13-23-14-12-17/h8-9,15,17,19,23H,2-7,10-14H2,1H3,(H,24,27)(H,25,26). The average molecular weight is 372 g/mol. The summed E-state index contributed by atoms with van der Waals surface area (Å²) < 4.78 is 0. The summed E-state index contributed by atoms with van der Waals surface area (Å²) in [6, 6.07) is 5.85. The van der Waals surface area contributed by atoms with E-state index in [1.165, 1.54) is 19.3 Å². The molecule has 2 amide bonds. The summed E-state index contributed by atoms with van der Waals surface area (Å²) in [4.78, 5) is 24.8. The number of carbonyl (C=O) groups is 2. The van der Waals surface area contributed by atoms with Crippen molar-refractivity contribution in [2.75, 3.05) is 18.4 Å². The number of nitrogens with one attached hydrogen (secondary N) is 3. The molecule has 1 aliphatic carbocycles. The van der Waals surface area contributed by atoms with Gasteiger partial charge in [-0.05, 0) is 81.8 Å². The van der Waals surface area contributed by atoms with Crippen molar-refractivity contribution in [2.45, 2.75) is 70.8 Å². The molecule has 0 bridgehead atoms. The first kappa shape index (κ1) is 19.9. The number of amides is 2. The molecule has 1 saturated carbocycles. The van der Waals surface area contributed by atoms with Crippen LogP contribution in [0.5, 0.6) is 0 Å². The van der Waals surface area contributed by atoms with Gasteiger partial charge in [-0.25, -0.2) is 0 Å². The Hall–Kier alpha value is -1.88. The fraction of sp³-hybridized carbons (Fsp3) is 0.636. The molecule has 148 valence electrons. The maximum absolute atomic E-state index is 12.5. The summed E-state index contributed by atoms with van der Waals surface area (Å²) in [5.74, 6) is 0.716. The lowest BCUT2D eigenvalue weighted by molar-refractivity contribution is -0.116. The van der Waals surface area contributed by atoms with E-state index >= 15 is 0 Å². The smallest absolute Gasteiger partial charge is 0.251 e. The van der Waals surface area contributed by atoms with E-state index < -0.39 is 0 Å². The Kier molecular flexibility index (Phi) is 7.27. The van der Waals surface area contributed by atoms with E-state index in [4.69, 9.17) is 0 Å². The van der Waals surface area contributed by atoms with E-state index in [1.54, 1.807) is 0 Å². The van der Waals surface area contributed by atoms with Crippen molar-refractivity contribution in [2.24, 2.45) is 5.92 Å². The summed E-state index contributed by atoms with van der Waals surface area (Å²) in [5.41, 5.74) is 2.41. The third-order valence-corrected chi connectivity index (χ3v) is 5.94. The number of piperidine rings is 1. The maximum atomic E-state index is 12.5. The number of aryl methyl sites for hydroxylation is 1. The Morgan fingerprint density at radius 3 is 2.52 bits per heavy atom. The average Bonchev–Trinajstić information content (AvgIpc) is 2.69. The summed E-state index contributed by atoms with van der Waals surface area (Å²) in [6.07, 6.45) is 9.68. The highest BCUT2D eigenvalue weighted by molar-refractivity contribution is 5.96. The molecule has 0 unspecified atom stereocenters. The predicted octanol–water partition coefficient (Wildman–Crippen LogP) is 3.78. The summed E-state index contributed by atoms with van der Waals surface area (Å²) >= 11 is 0. The van der Waals surface area contributed by atoms with Crippen LogP contribution in [-0.4, -0.2) is 30.9 Å². The Morgan fingerprint density at radius 1 is 1.07 bits per heavy atom. The maximum Gasteiger partial charge on any atom is 0.251 e. The first-order valence-corrected chi connectivity index (χ1v) is 10.5. The van der Waals surface area contributed by atoms with Gasteiger partial charge in [0.05, 0.1) is 0 Å². The van der Waals surface area contributed by atoms with E-state index in [9.17, 15) is 9.59 Å². The normalized spacial score (nSPS) is 18.9. The van der Waals surface area contributed by atoms with Crippen LogP contribution in [0, 0.1) is 12.8 Å². The Bertz CT molecular complexity index is 647. The van der Waals surface area contributed by atoms with Gasteiger partial charge in [-0.1, -0.05) is 19.3 Å². The van der Waals surface area contributed by atoms with Crippen LogP contribution < -0.4 is 16.0 Å². The molecular weight excluding hydrogens is 338 g/mol. The zero-order valence-electron chi connectivity index (χ0n) is 16.5. The van der Waals surface area contributed by atoms with E-state index in [1.807, 2.05) is 25.1 Å². The van der Waals surface area contributed by atoms with Gasteiger partial charge in [-0.15, -0.1) is 0 Å². The molecule has 2 aliphatic rings. The fourth-order valence-electron chi connectivity index (χ4n) is 4.18. The van der Waals surface area contributed by atoms with Crippen LogP contribution in [0.15, 0.2) is 18.2 Å². The van der Waals surface area contributed by atoms with E-state index in [0.717, 1.165) is 56.4 Å². The van der Waals surface area contributed by atoms with Crippen LogP contribution in [0.3, 0.4) is 0 Å². The SMILES string of the molecule is Cc1cc(C(=O)NC2CCCCC2)ccc1NC(=O)CCC1CCNCC1. The second kappa shape index (κ2) is 9.88. The molecule has 3 N–H and O–H groups in total. The molecule has 3 rings (SSSR count). The molecule has 1 aliphatic heterocycles. The van der Waals surface area contributed by atoms with Crippen LogP contribution in [0.2, 0.25) is 0 Å². The number of benzene rings is 1. The van der Waals surface area contributed by atoms with Gasteiger partial charge < -0.3 is 16.0 Å². The van der Waals surface area contributed by atoms with Crippen molar-refractivity contribution in [3.05, 3.63) is 29.3 Å². The summed E-state index contributed by atoms with van der Waals surface area (Å²) in [7, 11) is 0. The highest BCUT2D eigenvalue weighted by atomic mass is 16.2. The lowest BCUT2D eigenvalue weighted by atomic mass is 9.93. The third-order valence-electron chi connectivity index (χ3n) is 5.94. The Labute approximate surface area is 162 Å². The monoisotopic (exact) mass is 371 g/mol. The van der Waals surface area contributed by atoms with E-state index in [2.05, 4.69) is 16.0 Å². The van der Waals surface area contributed by atoms with Gasteiger partial charge in [-0.3, -0.25) is 9.59 Å². The lowest BCUT2D eigenvalue weighted by Crippen LogP contribution is -2.36. The van der Waals surface area contributed by atoms with Crippen LogP contribution in [0.1, 0.15) is 73.7 Å². The molecule has 1 aromatic carbocycles. The quantitative estimate of drug-likeness (QED) is 0.713. The number of carbonyl (C=O) groups excluding carboxylic acids is 2. The van der Waals surface area contributed by atoms with Gasteiger partial charge in [0, 0.05) is 23.7 Å². The van der Waals surface area contributed by atoms with E-state index in [-0.39, 0.29) is 11.8 Å². The molecule has 5 heteroatoms. The fourth-order valence-corrected chi connectivity index (χ4v) is 4.18. The molecule has 0 atom stereocenters. The van der Waals surface area contributed by atoms with Crippen molar-refractivity contribution < 1.29 is 9.59 Å². The van der Waals surface area contributed by atoms with Crippen molar-refractivity contribution in [1.82, 2.24) is 10.6 Å². The molecule has 1 saturated heterocycles. The molecule has 5 nitrogen and oxygen atoms in total. The summed E-state index contributed by atoms with van der Waals surface area (Å²) in [5, 5.41) is 9.52. The van der Waals surface area contributed by atoms with Gasteiger partial charge in [-0.2, -0.15) is 0 Å². The minimum Gasteiger partial charge on any atom is -0.349 e. The molecule has 1 aromatic rings. The van der Waals surface area contributed by atoms with Crippen LogP contribution in [0.25, 0.3) is 0 Å². The second-order valence-electron chi connectivity index (χ2n) is 8.12. The first-order chi connectivity index (χ1) is 13.1. The van der Waals surface area contributed by atoms with Crippen molar-refractivity contribution in [3.8, 4) is 0 Å². The van der Waals surface area contributed by atoms with Crippen LogP contribution >= 0.6 is 0 Å². The van der Waals surface area contributed by atoms with Gasteiger partial charge in [0.25, 0.3) is 5.91 Å². The predicted molar refractivity (Wildman–Crippen MR) is 109 cm³/mol. The first-order valence-electron chi connectivity index (χ1n) is 10.5. The van der Waals surface area contributed by atoms with Crippen LogP contribution in [0.4, 0.5) is 5.69 Å². The van der Waals surface area contributed by atoms with Crippen molar-refractivity contribution >= 4 is 17.5 Å². The van der Waals surface area contributed by atoms with Gasteiger partial charge in [0.15, 0.2) is 0 Å². The van der Waals surface area contributed by atoms with Gasteiger partial charge >= 0.3 is 0 Å². The third kappa shape index (κ3) is 6.06. The topological polar surface area (TPSA) is 70.2 Å². The highest BCUT2D eigenvalue weighted by Crippen LogP contribution is 2.21. The van der Waals surface area contributed by atoms with Crippen LogP contribution in [-0.2, 0) is 4.79 Å². The zero-order valence-corrected chi connectivity index (χ0v) is 16.5. The molecule has 0 spiro atoms. The Balaban J connectivity index is 1.49. The minimum atomic E-state index is -0.00576. The van der Waals surface area contributed by atoms with Gasteiger partial charge in [0.2, 0.25) is 5.91 Å². The second-order valence-corrected chi connectivity index (χ2v) is 8.12. The number of hydrogen-bond donors (Lipinski definition) is 3. The minimum absolute atomic E-state index is 0.00576. The van der Waals surface area contributed by atoms with Crippen molar-refractivity contribution in [3.63, 3.8) is 0 Å². The molecule has 27 heavy (non-hydrogen) atoms. The molecular formula is C22H33N3O2. The lowest BCUT2D eigenvalue weighted by Gasteiger charge is -2.23. The largest absolute Gasteiger partial charge is 0.349 e. The zero-order chi connectivity index (χ0) is 19.1. The molecule has 1 heterocycles. The molecule has 0 aromatic heterocycles.